The molecule has 10 aromatic rings. The van der Waals surface area contributed by atoms with Crippen LogP contribution in [0, 0.1) is 0 Å². The number of nitrogens with zero attached hydrogens (tertiary/aromatic N) is 2. The second kappa shape index (κ2) is 13.9. The first-order valence-corrected chi connectivity index (χ1v) is 20.4. The van der Waals surface area contributed by atoms with Crippen molar-refractivity contribution in [3.63, 3.8) is 0 Å². The zero-order chi connectivity index (χ0) is 39.5. The summed E-state index contributed by atoms with van der Waals surface area (Å²) in [5.41, 5.74) is 17.4. The molecule has 0 bridgehead atoms. The monoisotopic (exact) mass is 752 g/mol. The molecule has 0 saturated carbocycles. The van der Waals surface area contributed by atoms with Crippen LogP contribution in [0.15, 0.2) is 206 Å². The summed E-state index contributed by atoms with van der Waals surface area (Å²) in [6.45, 7) is 4.73. The van der Waals surface area contributed by atoms with Crippen molar-refractivity contribution >= 4 is 21.5 Å². The first kappa shape index (κ1) is 34.8. The third-order valence-electron chi connectivity index (χ3n) is 12.3. The van der Waals surface area contributed by atoms with Gasteiger partial charge < -0.3 is 0 Å². The van der Waals surface area contributed by atoms with Gasteiger partial charge in [0.1, 0.15) is 0 Å². The van der Waals surface area contributed by atoms with Crippen LogP contribution in [-0.4, -0.2) is 9.97 Å². The van der Waals surface area contributed by atoms with E-state index in [1.165, 1.54) is 66.2 Å². The summed E-state index contributed by atoms with van der Waals surface area (Å²) in [6.07, 6.45) is 0. The van der Waals surface area contributed by atoms with Gasteiger partial charge in [0.2, 0.25) is 0 Å². The van der Waals surface area contributed by atoms with E-state index in [1.54, 1.807) is 0 Å². The van der Waals surface area contributed by atoms with Gasteiger partial charge in [0.25, 0.3) is 0 Å². The van der Waals surface area contributed by atoms with E-state index in [1.807, 2.05) is 6.07 Å². The summed E-state index contributed by atoms with van der Waals surface area (Å²) in [7, 11) is 0. The quantitative estimate of drug-likeness (QED) is 0.169. The Morgan fingerprint density at radius 1 is 0.305 bits per heavy atom. The molecule has 9 aromatic carbocycles. The van der Waals surface area contributed by atoms with Crippen LogP contribution in [0.5, 0.6) is 0 Å². The van der Waals surface area contributed by atoms with Crippen molar-refractivity contribution in [3.8, 4) is 78.4 Å². The van der Waals surface area contributed by atoms with Crippen LogP contribution >= 0.6 is 0 Å². The van der Waals surface area contributed by atoms with E-state index >= 15 is 0 Å². The Balaban J connectivity index is 0.998. The van der Waals surface area contributed by atoms with Crippen molar-refractivity contribution in [2.45, 2.75) is 19.3 Å². The molecule has 0 fully saturated rings. The number of hydrogen-bond acceptors (Lipinski definition) is 2. The fraction of sp³-hybridized carbons (Fsp3) is 0.0526. The van der Waals surface area contributed by atoms with Crippen LogP contribution in [0.25, 0.3) is 100.0 Å². The fourth-order valence-electron chi connectivity index (χ4n) is 9.15. The van der Waals surface area contributed by atoms with Crippen molar-refractivity contribution < 1.29 is 0 Å². The molecule has 0 amide bonds. The largest absolute Gasteiger partial charge is 0.228 e. The normalized spacial score (nSPS) is 12.7. The lowest BCUT2D eigenvalue weighted by molar-refractivity contribution is 0.661. The molecule has 0 unspecified atom stereocenters. The third kappa shape index (κ3) is 6.04. The lowest BCUT2D eigenvalue weighted by Gasteiger charge is -2.22. The van der Waals surface area contributed by atoms with Gasteiger partial charge in [-0.25, -0.2) is 9.97 Å². The fourth-order valence-corrected chi connectivity index (χ4v) is 9.15. The third-order valence-corrected chi connectivity index (χ3v) is 12.3. The summed E-state index contributed by atoms with van der Waals surface area (Å²) in [5, 5.41) is 4.88. The Kier molecular flexibility index (Phi) is 8.20. The van der Waals surface area contributed by atoms with E-state index in [9.17, 15) is 0 Å². The Hall–Kier alpha value is -7.42. The van der Waals surface area contributed by atoms with Gasteiger partial charge in [0, 0.05) is 22.1 Å². The van der Waals surface area contributed by atoms with E-state index in [2.05, 4.69) is 214 Å². The Morgan fingerprint density at radius 3 is 1.47 bits per heavy atom. The molecule has 59 heavy (non-hydrogen) atoms. The van der Waals surface area contributed by atoms with E-state index in [0.29, 0.717) is 5.82 Å². The molecule has 0 N–H and O–H groups in total. The van der Waals surface area contributed by atoms with Gasteiger partial charge in [0.05, 0.1) is 11.4 Å². The lowest BCUT2D eigenvalue weighted by Crippen LogP contribution is -2.15. The molecule has 0 radical (unpaired) electrons. The molecule has 2 heteroatoms. The summed E-state index contributed by atoms with van der Waals surface area (Å²) in [4.78, 5) is 10.6. The maximum Gasteiger partial charge on any atom is 0.161 e. The van der Waals surface area contributed by atoms with Crippen LogP contribution in [0.4, 0.5) is 0 Å². The lowest BCUT2D eigenvalue weighted by atomic mass is 9.81. The van der Waals surface area contributed by atoms with E-state index < -0.39 is 0 Å². The second-order valence-corrected chi connectivity index (χ2v) is 16.2. The maximum absolute atomic E-state index is 5.31. The summed E-state index contributed by atoms with van der Waals surface area (Å²) >= 11 is 0. The molecule has 11 rings (SSSR count). The molecule has 1 aliphatic carbocycles. The van der Waals surface area contributed by atoms with Crippen LogP contribution in [0.1, 0.15) is 25.0 Å². The highest BCUT2D eigenvalue weighted by molar-refractivity contribution is 6.05. The SMILES string of the molecule is CC1(C)c2cc(-c3ccc(-c4nc(-c5ccccc5)cc(-c5ccc(-c6cccc(-c7ccccc7)c6)cc5)n4)c4ccccc34)ccc2-c2cc3ccccc3cc21. The zero-order valence-electron chi connectivity index (χ0n) is 33.0. The first-order chi connectivity index (χ1) is 29.0. The standard InChI is InChI=1S/C57H40N2/c1-57(2)52-35-45(28-29-49(52)51-33-43-18-9-10-19-44(43)34-53(51)57)46-30-31-50(48-23-12-11-22-47(46)48)56-58-54(39-16-7-4-8-17-39)36-55(59-56)40-26-24-38(25-27-40)42-21-13-20-41(32-42)37-14-5-3-6-15-37/h3-36H,1-2H3. The molecule has 0 saturated heterocycles. The average molecular weight is 753 g/mol. The average Bonchev–Trinajstić information content (AvgIpc) is 3.52. The van der Waals surface area contributed by atoms with Gasteiger partial charge in [-0.2, -0.15) is 0 Å². The number of aromatic nitrogens is 2. The summed E-state index contributed by atoms with van der Waals surface area (Å²) in [5.74, 6) is 0.710. The minimum atomic E-state index is -0.118. The Labute approximate surface area is 345 Å². The number of benzene rings is 9. The molecule has 0 spiro atoms. The van der Waals surface area contributed by atoms with Crippen molar-refractivity contribution in [1.29, 1.82) is 0 Å². The van der Waals surface area contributed by atoms with E-state index in [0.717, 1.165) is 39.0 Å². The zero-order valence-corrected chi connectivity index (χ0v) is 33.0. The Bertz CT molecular complexity index is 3220. The minimum Gasteiger partial charge on any atom is -0.228 e. The Morgan fingerprint density at radius 2 is 0.780 bits per heavy atom. The molecule has 1 aliphatic rings. The van der Waals surface area contributed by atoms with Crippen molar-refractivity contribution in [2.24, 2.45) is 0 Å². The van der Waals surface area contributed by atoms with Crippen LogP contribution < -0.4 is 0 Å². The van der Waals surface area contributed by atoms with E-state index in [4.69, 9.17) is 9.97 Å². The highest BCUT2D eigenvalue weighted by Crippen LogP contribution is 2.51. The van der Waals surface area contributed by atoms with Crippen LogP contribution in [-0.2, 0) is 5.41 Å². The predicted molar refractivity (Wildman–Crippen MR) is 247 cm³/mol. The van der Waals surface area contributed by atoms with Gasteiger partial charge in [0.15, 0.2) is 5.82 Å². The molecule has 0 atom stereocenters. The number of rotatable bonds is 6. The predicted octanol–water partition coefficient (Wildman–Crippen LogP) is 15.1. The maximum atomic E-state index is 5.31. The molecule has 278 valence electrons. The topological polar surface area (TPSA) is 25.8 Å². The number of hydrogen-bond donors (Lipinski definition) is 0. The van der Waals surface area contributed by atoms with Crippen LogP contribution in [0.3, 0.4) is 0 Å². The smallest absolute Gasteiger partial charge is 0.161 e. The van der Waals surface area contributed by atoms with Crippen molar-refractivity contribution in [3.05, 3.63) is 217 Å². The minimum absolute atomic E-state index is 0.118. The molecular weight excluding hydrogens is 713 g/mol. The van der Waals surface area contributed by atoms with E-state index in [-0.39, 0.29) is 5.41 Å². The van der Waals surface area contributed by atoms with Gasteiger partial charge in [-0.3, -0.25) is 0 Å². The molecule has 1 heterocycles. The van der Waals surface area contributed by atoms with Gasteiger partial charge in [-0.15, -0.1) is 0 Å². The van der Waals surface area contributed by atoms with Crippen molar-refractivity contribution in [1.82, 2.24) is 9.97 Å². The van der Waals surface area contributed by atoms with Crippen molar-refractivity contribution in [2.75, 3.05) is 0 Å². The summed E-state index contributed by atoms with van der Waals surface area (Å²) < 4.78 is 0. The highest BCUT2D eigenvalue weighted by atomic mass is 14.9. The number of fused-ring (bicyclic) bond motifs is 5. The van der Waals surface area contributed by atoms with Gasteiger partial charge in [-0.05, 0) is 114 Å². The second-order valence-electron chi connectivity index (χ2n) is 16.2. The molecular formula is C57H40N2. The molecule has 2 nitrogen and oxygen atoms in total. The molecule has 1 aromatic heterocycles. The van der Waals surface area contributed by atoms with Gasteiger partial charge >= 0.3 is 0 Å². The summed E-state index contributed by atoms with van der Waals surface area (Å²) in [6, 6.07) is 74.3. The molecule has 0 aliphatic heterocycles. The van der Waals surface area contributed by atoms with Gasteiger partial charge in [-0.1, -0.05) is 184 Å². The first-order valence-electron chi connectivity index (χ1n) is 20.4. The van der Waals surface area contributed by atoms with Crippen LogP contribution in [0.2, 0.25) is 0 Å². The highest BCUT2D eigenvalue weighted by Gasteiger charge is 2.36.